The van der Waals surface area contributed by atoms with Crippen molar-refractivity contribution in [3.8, 4) is 11.5 Å². The fraction of sp³-hybridized carbons (Fsp3) is 0.222. The summed E-state index contributed by atoms with van der Waals surface area (Å²) in [5.41, 5.74) is 12.8. The van der Waals surface area contributed by atoms with Crippen molar-refractivity contribution in [1.82, 2.24) is 0 Å². The highest BCUT2D eigenvalue weighted by Gasteiger charge is 2.18. The fourth-order valence-corrected chi connectivity index (χ4v) is 2.41. The van der Waals surface area contributed by atoms with E-state index in [4.69, 9.17) is 20.9 Å². The van der Waals surface area contributed by atoms with Crippen LogP contribution in [0.15, 0.2) is 60.7 Å². The van der Waals surface area contributed by atoms with Gasteiger partial charge in [0.2, 0.25) is 0 Å². The van der Waals surface area contributed by atoms with Gasteiger partial charge in [-0.3, -0.25) is 0 Å². The standard InChI is InChI=1S/C18H20N2O2/c19-13-1-5-15(6-2-13)21-17-9-11-18(12-10-17)22-16-7-3-14(20)4-8-16/h1-9,11,17-18H,10,12,19-20H2. The maximum Gasteiger partial charge on any atom is 0.120 e. The molecule has 22 heavy (non-hydrogen) atoms. The molecular weight excluding hydrogens is 276 g/mol. The van der Waals surface area contributed by atoms with E-state index in [9.17, 15) is 0 Å². The van der Waals surface area contributed by atoms with Gasteiger partial charge in [-0.15, -0.1) is 0 Å². The molecule has 0 amide bonds. The van der Waals surface area contributed by atoms with Gasteiger partial charge in [-0.1, -0.05) is 0 Å². The Morgan fingerprint density at radius 3 is 1.32 bits per heavy atom. The molecule has 1 aliphatic carbocycles. The lowest BCUT2D eigenvalue weighted by molar-refractivity contribution is 0.173. The third-order valence-electron chi connectivity index (χ3n) is 3.61. The average Bonchev–Trinajstić information content (AvgIpc) is 2.54. The molecule has 0 spiro atoms. The molecular formula is C18H20N2O2. The van der Waals surface area contributed by atoms with Gasteiger partial charge in [-0.25, -0.2) is 0 Å². The minimum absolute atomic E-state index is 0.0786. The number of nitrogens with two attached hydrogens (primary N) is 2. The lowest BCUT2D eigenvalue weighted by Crippen LogP contribution is -2.25. The molecule has 0 saturated heterocycles. The summed E-state index contributed by atoms with van der Waals surface area (Å²) in [6, 6.07) is 14.9. The normalized spacial score (nSPS) is 20.5. The molecule has 4 N–H and O–H groups in total. The molecule has 1 aliphatic rings. The molecule has 114 valence electrons. The van der Waals surface area contributed by atoms with Gasteiger partial charge < -0.3 is 20.9 Å². The molecule has 0 bridgehead atoms. The monoisotopic (exact) mass is 296 g/mol. The van der Waals surface area contributed by atoms with Crippen molar-refractivity contribution in [2.75, 3.05) is 11.5 Å². The van der Waals surface area contributed by atoms with Crippen LogP contribution in [-0.2, 0) is 0 Å². The maximum atomic E-state index is 5.91. The molecule has 4 heteroatoms. The molecule has 0 saturated carbocycles. The second-order valence-corrected chi connectivity index (χ2v) is 5.41. The highest BCUT2D eigenvalue weighted by molar-refractivity contribution is 5.42. The van der Waals surface area contributed by atoms with Gasteiger partial charge in [0.1, 0.15) is 23.7 Å². The van der Waals surface area contributed by atoms with E-state index in [1.54, 1.807) is 0 Å². The van der Waals surface area contributed by atoms with Crippen molar-refractivity contribution < 1.29 is 9.47 Å². The van der Waals surface area contributed by atoms with Crippen molar-refractivity contribution in [2.45, 2.75) is 25.0 Å². The van der Waals surface area contributed by atoms with E-state index in [1.165, 1.54) is 0 Å². The summed E-state index contributed by atoms with van der Waals surface area (Å²) in [6.07, 6.45) is 6.11. The van der Waals surface area contributed by atoms with Gasteiger partial charge in [0.05, 0.1) is 0 Å². The van der Waals surface area contributed by atoms with Crippen molar-refractivity contribution in [3.05, 3.63) is 60.7 Å². The second kappa shape index (κ2) is 6.43. The van der Waals surface area contributed by atoms with Crippen LogP contribution in [-0.4, -0.2) is 12.2 Å². The molecule has 4 nitrogen and oxygen atoms in total. The first kappa shape index (κ1) is 14.3. The Labute approximate surface area is 130 Å². The van der Waals surface area contributed by atoms with Gasteiger partial charge in [-0.05, 0) is 73.5 Å². The number of hydrogen-bond donors (Lipinski definition) is 2. The van der Waals surface area contributed by atoms with Crippen molar-refractivity contribution >= 4 is 11.4 Å². The molecule has 2 aromatic rings. The molecule has 2 unspecified atom stereocenters. The first-order valence-corrected chi connectivity index (χ1v) is 7.42. The molecule has 0 aromatic heterocycles. The predicted octanol–water partition coefficient (Wildman–Crippen LogP) is 3.40. The molecule has 0 aliphatic heterocycles. The average molecular weight is 296 g/mol. The summed E-state index contributed by atoms with van der Waals surface area (Å²) in [6.45, 7) is 0. The third-order valence-corrected chi connectivity index (χ3v) is 3.61. The summed E-state index contributed by atoms with van der Waals surface area (Å²) in [4.78, 5) is 0. The zero-order valence-electron chi connectivity index (χ0n) is 12.3. The summed E-state index contributed by atoms with van der Waals surface area (Å²) in [5.74, 6) is 1.67. The van der Waals surface area contributed by atoms with E-state index in [1.807, 2.05) is 48.5 Å². The number of anilines is 2. The van der Waals surface area contributed by atoms with E-state index in [0.717, 1.165) is 35.7 Å². The van der Waals surface area contributed by atoms with Crippen LogP contribution in [0.2, 0.25) is 0 Å². The number of ether oxygens (including phenoxy) is 2. The van der Waals surface area contributed by atoms with Crippen LogP contribution in [0.3, 0.4) is 0 Å². The summed E-state index contributed by atoms with van der Waals surface area (Å²) >= 11 is 0. The Hall–Kier alpha value is -2.62. The maximum absolute atomic E-state index is 5.91. The summed E-state index contributed by atoms with van der Waals surface area (Å²) in [5, 5.41) is 0. The molecule has 2 atom stereocenters. The Bertz CT molecular complexity index is 578. The van der Waals surface area contributed by atoms with Crippen LogP contribution in [0.4, 0.5) is 11.4 Å². The predicted molar refractivity (Wildman–Crippen MR) is 88.9 cm³/mol. The van der Waals surface area contributed by atoms with Crippen LogP contribution in [0, 0.1) is 0 Å². The largest absolute Gasteiger partial charge is 0.486 e. The molecule has 0 radical (unpaired) electrons. The Kier molecular flexibility index (Phi) is 4.19. The second-order valence-electron chi connectivity index (χ2n) is 5.41. The SMILES string of the molecule is Nc1ccc(OC2C=CC(Oc3ccc(N)cc3)CC2)cc1. The van der Waals surface area contributed by atoms with Gasteiger partial charge >= 0.3 is 0 Å². The van der Waals surface area contributed by atoms with Gasteiger partial charge in [-0.2, -0.15) is 0 Å². The molecule has 2 aromatic carbocycles. The smallest absolute Gasteiger partial charge is 0.120 e. The van der Waals surface area contributed by atoms with Crippen LogP contribution in [0.25, 0.3) is 0 Å². The van der Waals surface area contributed by atoms with Crippen molar-refractivity contribution in [2.24, 2.45) is 0 Å². The Morgan fingerprint density at radius 1 is 0.636 bits per heavy atom. The minimum Gasteiger partial charge on any atom is -0.486 e. The third kappa shape index (κ3) is 3.73. The number of hydrogen-bond acceptors (Lipinski definition) is 4. The Balaban J connectivity index is 1.55. The van der Waals surface area contributed by atoms with Crippen LogP contribution in [0.5, 0.6) is 11.5 Å². The van der Waals surface area contributed by atoms with E-state index in [2.05, 4.69) is 12.2 Å². The highest BCUT2D eigenvalue weighted by Crippen LogP contribution is 2.23. The van der Waals surface area contributed by atoms with E-state index >= 15 is 0 Å². The quantitative estimate of drug-likeness (QED) is 0.670. The van der Waals surface area contributed by atoms with Gasteiger partial charge in [0, 0.05) is 11.4 Å². The van der Waals surface area contributed by atoms with E-state index in [0.29, 0.717) is 0 Å². The zero-order valence-corrected chi connectivity index (χ0v) is 12.3. The topological polar surface area (TPSA) is 70.5 Å². The summed E-state index contributed by atoms with van der Waals surface area (Å²) < 4.78 is 11.8. The lowest BCUT2D eigenvalue weighted by atomic mass is 10.0. The van der Waals surface area contributed by atoms with Crippen molar-refractivity contribution in [1.29, 1.82) is 0 Å². The summed E-state index contributed by atoms with van der Waals surface area (Å²) in [7, 11) is 0. The first-order valence-electron chi connectivity index (χ1n) is 7.42. The van der Waals surface area contributed by atoms with Crippen LogP contribution < -0.4 is 20.9 Å². The van der Waals surface area contributed by atoms with Gasteiger partial charge in [0.25, 0.3) is 0 Å². The van der Waals surface area contributed by atoms with Gasteiger partial charge in [0.15, 0.2) is 0 Å². The number of benzene rings is 2. The molecule has 0 heterocycles. The Morgan fingerprint density at radius 2 is 1.00 bits per heavy atom. The van der Waals surface area contributed by atoms with Crippen LogP contribution in [0.1, 0.15) is 12.8 Å². The van der Waals surface area contributed by atoms with E-state index < -0.39 is 0 Å². The number of rotatable bonds is 4. The van der Waals surface area contributed by atoms with E-state index in [-0.39, 0.29) is 12.2 Å². The highest BCUT2D eigenvalue weighted by atomic mass is 16.5. The zero-order chi connectivity index (χ0) is 15.4. The minimum atomic E-state index is 0.0786. The van der Waals surface area contributed by atoms with Crippen molar-refractivity contribution in [3.63, 3.8) is 0 Å². The number of nitrogen functional groups attached to an aromatic ring is 2. The lowest BCUT2D eigenvalue weighted by Gasteiger charge is -2.24. The molecule has 0 fully saturated rings. The fourth-order valence-electron chi connectivity index (χ4n) is 2.41. The van der Waals surface area contributed by atoms with Crippen LogP contribution >= 0.6 is 0 Å². The first-order chi connectivity index (χ1) is 10.7. The molecule has 3 rings (SSSR count).